The molecule has 1 N–H and O–H groups in total. The molecular weight excluding hydrogens is 274 g/mol. The van der Waals surface area contributed by atoms with Crippen molar-refractivity contribution in [1.82, 2.24) is 9.62 Å². The van der Waals surface area contributed by atoms with Gasteiger partial charge < -0.3 is 5.32 Å². The minimum atomic E-state index is -3.57. The Kier molecular flexibility index (Phi) is 3.50. The first-order valence-electron chi connectivity index (χ1n) is 6.85. The first-order valence-corrected chi connectivity index (χ1v) is 8.29. The fourth-order valence-electron chi connectivity index (χ4n) is 3.13. The van der Waals surface area contributed by atoms with Gasteiger partial charge in [0, 0.05) is 19.1 Å². The topological polar surface area (TPSA) is 73.2 Å². The third kappa shape index (κ3) is 2.22. The summed E-state index contributed by atoms with van der Waals surface area (Å²) in [6.07, 6.45) is 2.17. The van der Waals surface area contributed by atoms with Crippen LogP contribution in [-0.2, 0) is 10.0 Å². The van der Waals surface area contributed by atoms with E-state index in [9.17, 15) is 8.42 Å². The van der Waals surface area contributed by atoms with E-state index in [1.54, 1.807) is 18.2 Å². The maximum absolute atomic E-state index is 12.7. The van der Waals surface area contributed by atoms with Crippen LogP contribution in [-0.4, -0.2) is 38.4 Å². The predicted octanol–water partition coefficient (Wildman–Crippen LogP) is 0.931. The average Bonchev–Trinajstić information content (AvgIpc) is 2.92. The van der Waals surface area contributed by atoms with Crippen LogP contribution < -0.4 is 5.32 Å². The van der Waals surface area contributed by atoms with Gasteiger partial charge >= 0.3 is 0 Å². The van der Waals surface area contributed by atoms with Crippen molar-refractivity contribution in [2.24, 2.45) is 5.92 Å². The van der Waals surface area contributed by atoms with E-state index in [0.717, 1.165) is 19.4 Å². The zero-order chi connectivity index (χ0) is 14.2. The highest BCUT2D eigenvalue weighted by Crippen LogP contribution is 2.30. The number of hydrogen-bond donors (Lipinski definition) is 1. The van der Waals surface area contributed by atoms with E-state index in [1.807, 2.05) is 6.07 Å². The Hall–Kier alpha value is -1.42. The van der Waals surface area contributed by atoms with E-state index in [1.165, 1.54) is 10.4 Å². The number of fused-ring (bicyclic) bond motifs is 1. The van der Waals surface area contributed by atoms with Crippen LogP contribution >= 0.6 is 0 Å². The van der Waals surface area contributed by atoms with E-state index >= 15 is 0 Å². The minimum absolute atomic E-state index is 0.126. The molecule has 1 aromatic rings. The Balaban J connectivity index is 1.91. The molecule has 2 saturated heterocycles. The monoisotopic (exact) mass is 291 g/mol. The molecule has 2 heterocycles. The summed E-state index contributed by atoms with van der Waals surface area (Å²) in [5.41, 5.74) is 0.218. The number of benzene rings is 1. The average molecular weight is 291 g/mol. The second-order valence-electron chi connectivity index (χ2n) is 5.39. The van der Waals surface area contributed by atoms with Gasteiger partial charge in [-0.05, 0) is 37.4 Å². The molecule has 0 aromatic heterocycles. The summed E-state index contributed by atoms with van der Waals surface area (Å²) in [6.45, 7) is 2.02. The van der Waals surface area contributed by atoms with Crippen LogP contribution in [0.2, 0.25) is 0 Å². The van der Waals surface area contributed by atoms with Gasteiger partial charge in [-0.15, -0.1) is 0 Å². The Labute approximate surface area is 119 Å². The lowest BCUT2D eigenvalue weighted by molar-refractivity contribution is 0.339. The molecule has 0 unspecified atom stereocenters. The highest BCUT2D eigenvalue weighted by Gasteiger charge is 2.40. The molecule has 0 saturated carbocycles. The van der Waals surface area contributed by atoms with Gasteiger partial charge in [0.05, 0.1) is 10.5 Å². The van der Waals surface area contributed by atoms with Crippen molar-refractivity contribution in [1.29, 1.82) is 5.26 Å². The summed E-state index contributed by atoms with van der Waals surface area (Å²) in [5.74, 6) is 0.396. The van der Waals surface area contributed by atoms with Crippen LogP contribution in [0.15, 0.2) is 29.2 Å². The quantitative estimate of drug-likeness (QED) is 0.880. The molecule has 2 atom stereocenters. The van der Waals surface area contributed by atoms with Gasteiger partial charge in [-0.2, -0.15) is 9.57 Å². The predicted molar refractivity (Wildman–Crippen MR) is 74.4 cm³/mol. The lowest BCUT2D eigenvalue weighted by Gasteiger charge is -2.24. The van der Waals surface area contributed by atoms with Crippen molar-refractivity contribution in [2.75, 3.05) is 19.6 Å². The molecule has 20 heavy (non-hydrogen) atoms. The molecule has 0 amide bonds. The number of nitriles is 1. The molecule has 3 rings (SSSR count). The molecule has 0 spiro atoms. The molecule has 0 bridgehead atoms. The highest BCUT2D eigenvalue weighted by molar-refractivity contribution is 7.89. The summed E-state index contributed by atoms with van der Waals surface area (Å²) in [6, 6.07) is 8.64. The van der Waals surface area contributed by atoms with Crippen LogP contribution in [0.4, 0.5) is 0 Å². The molecule has 2 fully saturated rings. The summed E-state index contributed by atoms with van der Waals surface area (Å²) in [7, 11) is -3.57. The van der Waals surface area contributed by atoms with Gasteiger partial charge in [0.15, 0.2) is 0 Å². The van der Waals surface area contributed by atoms with E-state index in [2.05, 4.69) is 5.32 Å². The number of nitrogens with zero attached hydrogens (tertiary/aromatic N) is 2. The summed E-state index contributed by atoms with van der Waals surface area (Å²) in [4.78, 5) is 0.126. The SMILES string of the molecule is N#Cc1ccccc1S(=O)(=O)N1C[C@@H]2CCCN[C@@H]2C1. The van der Waals surface area contributed by atoms with Gasteiger partial charge in [0.1, 0.15) is 6.07 Å². The molecule has 2 aliphatic heterocycles. The second-order valence-corrected chi connectivity index (χ2v) is 7.30. The van der Waals surface area contributed by atoms with Crippen molar-refractivity contribution >= 4 is 10.0 Å². The smallest absolute Gasteiger partial charge is 0.244 e. The minimum Gasteiger partial charge on any atom is -0.312 e. The van der Waals surface area contributed by atoms with Crippen molar-refractivity contribution in [3.63, 3.8) is 0 Å². The number of rotatable bonds is 2. The van der Waals surface area contributed by atoms with Crippen molar-refractivity contribution < 1.29 is 8.42 Å². The molecule has 6 heteroatoms. The van der Waals surface area contributed by atoms with E-state index in [-0.39, 0.29) is 16.5 Å². The van der Waals surface area contributed by atoms with Crippen molar-refractivity contribution in [2.45, 2.75) is 23.8 Å². The number of nitrogens with one attached hydrogen (secondary N) is 1. The Morgan fingerprint density at radius 1 is 1.30 bits per heavy atom. The fourth-order valence-corrected chi connectivity index (χ4v) is 4.79. The standard InChI is InChI=1S/C14H17N3O2S/c15-8-11-4-1-2-6-14(11)20(18,19)17-9-12-5-3-7-16-13(12)10-17/h1-2,4,6,12-13,16H,3,5,7,9-10H2/t12-,13+/m0/s1. The molecule has 106 valence electrons. The van der Waals surface area contributed by atoms with Crippen LogP contribution in [0.25, 0.3) is 0 Å². The third-order valence-corrected chi connectivity index (χ3v) is 6.08. The zero-order valence-corrected chi connectivity index (χ0v) is 11.9. The lowest BCUT2D eigenvalue weighted by atomic mass is 9.94. The maximum atomic E-state index is 12.7. The van der Waals surface area contributed by atoms with Gasteiger partial charge in [-0.3, -0.25) is 0 Å². The summed E-state index contributed by atoms with van der Waals surface area (Å²) in [5, 5.41) is 12.5. The molecule has 5 nitrogen and oxygen atoms in total. The first kappa shape index (κ1) is 13.6. The highest BCUT2D eigenvalue weighted by atomic mass is 32.2. The van der Waals surface area contributed by atoms with Gasteiger partial charge in [0.2, 0.25) is 10.0 Å². The van der Waals surface area contributed by atoms with Crippen LogP contribution in [0.1, 0.15) is 18.4 Å². The Morgan fingerprint density at radius 2 is 2.10 bits per heavy atom. The molecule has 0 aliphatic carbocycles. The fraction of sp³-hybridized carbons (Fsp3) is 0.500. The maximum Gasteiger partial charge on any atom is 0.244 e. The normalized spacial score (nSPS) is 26.9. The van der Waals surface area contributed by atoms with Gasteiger partial charge in [-0.1, -0.05) is 12.1 Å². The summed E-state index contributed by atoms with van der Waals surface area (Å²) < 4.78 is 26.9. The zero-order valence-electron chi connectivity index (χ0n) is 11.1. The van der Waals surface area contributed by atoms with Crippen LogP contribution in [0.5, 0.6) is 0 Å². The van der Waals surface area contributed by atoms with E-state index in [4.69, 9.17) is 5.26 Å². The number of sulfonamides is 1. The van der Waals surface area contributed by atoms with E-state index < -0.39 is 10.0 Å². The van der Waals surface area contributed by atoms with Gasteiger partial charge in [0.25, 0.3) is 0 Å². The number of piperidine rings is 1. The first-order chi connectivity index (χ1) is 9.63. The Bertz CT molecular complexity index is 637. The largest absolute Gasteiger partial charge is 0.312 e. The lowest BCUT2D eigenvalue weighted by Crippen LogP contribution is -2.41. The molecule has 0 radical (unpaired) electrons. The van der Waals surface area contributed by atoms with Crippen LogP contribution in [0.3, 0.4) is 0 Å². The second kappa shape index (κ2) is 5.17. The van der Waals surface area contributed by atoms with E-state index in [0.29, 0.717) is 19.0 Å². The molecular formula is C14H17N3O2S. The van der Waals surface area contributed by atoms with Crippen LogP contribution in [0, 0.1) is 17.2 Å². The third-order valence-electron chi connectivity index (χ3n) is 4.19. The number of hydrogen-bond acceptors (Lipinski definition) is 4. The Morgan fingerprint density at radius 3 is 2.85 bits per heavy atom. The van der Waals surface area contributed by atoms with Crippen molar-refractivity contribution in [3.05, 3.63) is 29.8 Å². The summed E-state index contributed by atoms with van der Waals surface area (Å²) >= 11 is 0. The van der Waals surface area contributed by atoms with Gasteiger partial charge in [-0.25, -0.2) is 8.42 Å². The molecule has 2 aliphatic rings. The van der Waals surface area contributed by atoms with Crippen molar-refractivity contribution in [3.8, 4) is 6.07 Å². The molecule has 1 aromatic carbocycles.